The summed E-state index contributed by atoms with van der Waals surface area (Å²) in [6.07, 6.45) is 1.25. The summed E-state index contributed by atoms with van der Waals surface area (Å²) in [6.45, 7) is 6.17. The van der Waals surface area contributed by atoms with Gasteiger partial charge in [-0.2, -0.15) is 0 Å². The zero-order chi connectivity index (χ0) is 23.9. The topological polar surface area (TPSA) is 125 Å². The van der Waals surface area contributed by atoms with Crippen LogP contribution in [0, 0.1) is 5.41 Å². The third-order valence-corrected chi connectivity index (χ3v) is 5.42. The first-order valence-corrected chi connectivity index (χ1v) is 10.8. The highest BCUT2D eigenvalue weighted by atomic mass is 16.5. The SMILES string of the molecule is COC(=O)[C@@H]1C[C@@H](OCCCCO)CN1C(=O)[C@@H](NC(=O)c1cccc(O)c1)C(C)(C)C. The molecule has 3 atom stereocenters. The molecule has 1 heterocycles. The van der Waals surface area contributed by atoms with Crippen molar-refractivity contribution in [3.8, 4) is 5.75 Å². The van der Waals surface area contributed by atoms with Gasteiger partial charge in [0.1, 0.15) is 17.8 Å². The van der Waals surface area contributed by atoms with Gasteiger partial charge in [-0.05, 0) is 36.5 Å². The van der Waals surface area contributed by atoms with Crippen molar-refractivity contribution in [2.24, 2.45) is 5.41 Å². The highest BCUT2D eigenvalue weighted by Gasteiger charge is 2.45. The number of ether oxygens (including phenoxy) is 2. The third kappa shape index (κ3) is 6.67. The smallest absolute Gasteiger partial charge is 0.328 e. The number of carbonyl (C=O) groups is 3. The van der Waals surface area contributed by atoms with E-state index in [1.54, 1.807) is 12.1 Å². The van der Waals surface area contributed by atoms with Crippen LogP contribution in [0.5, 0.6) is 5.75 Å². The van der Waals surface area contributed by atoms with Gasteiger partial charge in [0.2, 0.25) is 5.91 Å². The molecule has 9 heteroatoms. The van der Waals surface area contributed by atoms with Gasteiger partial charge in [-0.15, -0.1) is 0 Å². The minimum atomic E-state index is -0.919. The molecule has 0 aromatic heterocycles. The number of aliphatic hydroxyl groups is 1. The number of aliphatic hydroxyl groups excluding tert-OH is 1. The maximum Gasteiger partial charge on any atom is 0.328 e. The maximum atomic E-state index is 13.5. The number of benzene rings is 1. The fraction of sp³-hybridized carbons (Fsp3) is 0.609. The van der Waals surface area contributed by atoms with E-state index in [1.165, 1.54) is 24.1 Å². The van der Waals surface area contributed by atoms with Crippen LogP contribution in [0.15, 0.2) is 24.3 Å². The Hall–Kier alpha value is -2.65. The number of nitrogens with one attached hydrogen (secondary N) is 1. The van der Waals surface area contributed by atoms with E-state index in [1.807, 2.05) is 20.8 Å². The molecular weight excluding hydrogens is 416 g/mol. The van der Waals surface area contributed by atoms with Crippen LogP contribution in [0.4, 0.5) is 0 Å². The Labute approximate surface area is 188 Å². The van der Waals surface area contributed by atoms with Crippen LogP contribution >= 0.6 is 0 Å². The molecule has 1 fully saturated rings. The van der Waals surface area contributed by atoms with E-state index in [0.717, 1.165) is 0 Å². The lowest BCUT2D eigenvalue weighted by atomic mass is 9.85. The third-order valence-electron chi connectivity index (χ3n) is 5.42. The number of methoxy groups -OCH3 is 1. The Morgan fingerprint density at radius 1 is 1.25 bits per heavy atom. The lowest BCUT2D eigenvalue weighted by Crippen LogP contribution is -2.56. The predicted octanol–water partition coefficient (Wildman–Crippen LogP) is 1.47. The predicted molar refractivity (Wildman–Crippen MR) is 117 cm³/mol. The van der Waals surface area contributed by atoms with Crippen LogP contribution < -0.4 is 5.32 Å². The number of hydrogen-bond donors (Lipinski definition) is 3. The number of rotatable bonds is 9. The maximum absolute atomic E-state index is 13.5. The molecule has 9 nitrogen and oxygen atoms in total. The van der Waals surface area contributed by atoms with Gasteiger partial charge < -0.3 is 29.9 Å². The number of amides is 2. The van der Waals surface area contributed by atoms with Gasteiger partial charge in [-0.3, -0.25) is 9.59 Å². The molecule has 0 bridgehead atoms. The lowest BCUT2D eigenvalue weighted by molar-refractivity contribution is -0.152. The first-order chi connectivity index (χ1) is 15.1. The summed E-state index contributed by atoms with van der Waals surface area (Å²) >= 11 is 0. The highest BCUT2D eigenvalue weighted by Crippen LogP contribution is 2.28. The van der Waals surface area contributed by atoms with Crippen molar-refractivity contribution < 1.29 is 34.1 Å². The summed E-state index contributed by atoms with van der Waals surface area (Å²) in [5, 5.41) is 21.3. The van der Waals surface area contributed by atoms with Crippen molar-refractivity contribution in [1.82, 2.24) is 10.2 Å². The summed E-state index contributed by atoms with van der Waals surface area (Å²) in [5.74, 6) is -1.49. The zero-order valence-corrected chi connectivity index (χ0v) is 19.2. The van der Waals surface area contributed by atoms with Crippen molar-refractivity contribution in [1.29, 1.82) is 0 Å². The Morgan fingerprint density at radius 3 is 2.56 bits per heavy atom. The van der Waals surface area contributed by atoms with Gasteiger partial charge in [0, 0.05) is 31.7 Å². The van der Waals surface area contributed by atoms with Crippen LogP contribution in [-0.4, -0.2) is 78.0 Å². The van der Waals surface area contributed by atoms with Crippen LogP contribution in [-0.2, 0) is 19.1 Å². The standard InChI is InChI=1S/C23H34N2O7/c1-23(2,3)19(24-20(28)15-8-7-9-16(27)12-15)21(29)25-14-17(32-11-6-5-10-26)13-18(25)22(30)31-4/h7-9,12,17-19,26-27H,5-6,10-11,13-14H2,1-4H3,(H,24,28)/t17-,18+,19-/m1/s1. The first-order valence-electron chi connectivity index (χ1n) is 10.8. The molecule has 1 saturated heterocycles. The molecule has 32 heavy (non-hydrogen) atoms. The number of aromatic hydroxyl groups is 1. The number of carbonyl (C=O) groups excluding carboxylic acids is 3. The quantitative estimate of drug-likeness (QED) is 0.384. The summed E-state index contributed by atoms with van der Waals surface area (Å²) in [7, 11) is 1.27. The van der Waals surface area contributed by atoms with E-state index in [9.17, 15) is 19.5 Å². The summed E-state index contributed by atoms with van der Waals surface area (Å²) in [4.78, 5) is 40.1. The molecule has 0 aliphatic carbocycles. The van der Waals surface area contributed by atoms with E-state index in [0.29, 0.717) is 25.9 Å². The number of likely N-dealkylation sites (tertiary alicyclic amines) is 1. The van der Waals surface area contributed by atoms with E-state index < -0.39 is 35.3 Å². The average molecular weight is 451 g/mol. The van der Waals surface area contributed by atoms with Gasteiger partial charge >= 0.3 is 5.97 Å². The Bertz CT molecular complexity index is 806. The summed E-state index contributed by atoms with van der Waals surface area (Å²) < 4.78 is 10.7. The van der Waals surface area contributed by atoms with Crippen molar-refractivity contribution in [2.75, 3.05) is 26.9 Å². The van der Waals surface area contributed by atoms with Crippen molar-refractivity contribution in [3.63, 3.8) is 0 Å². The number of esters is 1. The van der Waals surface area contributed by atoms with Crippen molar-refractivity contribution >= 4 is 17.8 Å². The van der Waals surface area contributed by atoms with Gasteiger partial charge in [-0.25, -0.2) is 4.79 Å². The molecule has 1 aromatic rings. The Morgan fingerprint density at radius 2 is 1.97 bits per heavy atom. The molecule has 3 N–H and O–H groups in total. The van der Waals surface area contributed by atoms with Gasteiger partial charge in [0.25, 0.3) is 5.91 Å². The highest BCUT2D eigenvalue weighted by molar-refractivity contribution is 5.98. The minimum Gasteiger partial charge on any atom is -0.508 e. The van der Waals surface area contributed by atoms with Gasteiger partial charge in [0.15, 0.2) is 0 Å². The Balaban J connectivity index is 2.20. The molecule has 0 radical (unpaired) electrons. The Kier molecular flexibility index (Phi) is 9.03. The van der Waals surface area contributed by atoms with Crippen LogP contribution in [0.3, 0.4) is 0 Å². The van der Waals surface area contributed by atoms with E-state index in [-0.39, 0.29) is 30.6 Å². The van der Waals surface area contributed by atoms with Gasteiger partial charge in [-0.1, -0.05) is 26.8 Å². The number of phenolic OH excluding ortho intramolecular Hbond substituents is 1. The van der Waals surface area contributed by atoms with Crippen molar-refractivity contribution in [3.05, 3.63) is 29.8 Å². The largest absolute Gasteiger partial charge is 0.508 e. The fourth-order valence-electron chi connectivity index (χ4n) is 3.66. The molecule has 1 aliphatic heterocycles. The molecule has 0 spiro atoms. The molecule has 0 saturated carbocycles. The van der Waals surface area contributed by atoms with Crippen molar-refractivity contribution in [2.45, 2.75) is 58.2 Å². The van der Waals surface area contributed by atoms with Crippen LogP contribution in [0.1, 0.15) is 50.4 Å². The van der Waals surface area contributed by atoms with Gasteiger partial charge in [0.05, 0.1) is 13.2 Å². The second-order valence-electron chi connectivity index (χ2n) is 9.01. The molecule has 1 aliphatic rings. The monoisotopic (exact) mass is 450 g/mol. The second-order valence-corrected chi connectivity index (χ2v) is 9.01. The van der Waals surface area contributed by atoms with E-state index >= 15 is 0 Å². The molecule has 2 amide bonds. The molecule has 1 aromatic carbocycles. The normalized spacial score (nSPS) is 19.5. The van der Waals surface area contributed by atoms with Crippen LogP contribution in [0.25, 0.3) is 0 Å². The molecular formula is C23H34N2O7. The van der Waals surface area contributed by atoms with E-state index in [2.05, 4.69) is 5.32 Å². The number of nitrogens with zero attached hydrogens (tertiary/aromatic N) is 1. The summed E-state index contributed by atoms with van der Waals surface area (Å²) in [6, 6.07) is 4.14. The molecule has 178 valence electrons. The van der Waals surface area contributed by atoms with Crippen LogP contribution in [0.2, 0.25) is 0 Å². The molecule has 2 rings (SSSR count). The number of unbranched alkanes of at least 4 members (excludes halogenated alkanes) is 1. The zero-order valence-electron chi connectivity index (χ0n) is 19.2. The second kappa shape index (κ2) is 11.3. The first kappa shape index (κ1) is 25.6. The molecule has 0 unspecified atom stereocenters. The summed E-state index contributed by atoms with van der Waals surface area (Å²) in [5.41, 5.74) is -0.423. The average Bonchev–Trinajstić information content (AvgIpc) is 3.17. The van der Waals surface area contributed by atoms with E-state index in [4.69, 9.17) is 14.6 Å². The minimum absolute atomic E-state index is 0.0530. The fourth-order valence-corrected chi connectivity index (χ4v) is 3.66. The number of phenols is 1. The number of hydrogen-bond acceptors (Lipinski definition) is 7. The lowest BCUT2D eigenvalue weighted by Gasteiger charge is -2.35.